The summed E-state index contributed by atoms with van der Waals surface area (Å²) in [6, 6.07) is 20.2. The molecular formula is C38H57N2O7P. The van der Waals surface area contributed by atoms with Crippen molar-refractivity contribution in [2.75, 3.05) is 20.3 Å². The number of esters is 1. The molecule has 266 valence electrons. The Bertz CT molecular complexity index is 1450. The Kier molecular flexibility index (Phi) is 15.6. The fraction of sp³-hybridized carbons (Fsp3) is 0.553. The van der Waals surface area contributed by atoms with Crippen molar-refractivity contribution in [3.8, 4) is 5.75 Å². The summed E-state index contributed by atoms with van der Waals surface area (Å²) in [5, 5.41) is 14.8. The molecule has 0 amide bonds. The van der Waals surface area contributed by atoms with Crippen molar-refractivity contribution in [3.05, 3.63) is 77.9 Å². The fourth-order valence-electron chi connectivity index (χ4n) is 5.55. The molecule has 0 aromatic heterocycles. The minimum absolute atomic E-state index is 0.296. The number of hydrogen-bond acceptors (Lipinski definition) is 8. The average molecular weight is 685 g/mol. The van der Waals surface area contributed by atoms with Gasteiger partial charge in [-0.25, -0.2) is 4.57 Å². The number of benzene rings is 3. The van der Waals surface area contributed by atoms with Gasteiger partial charge < -0.3 is 24.8 Å². The SMILES string of the molecule is CCCCCCCCc1ccc(CCC(N)(CO)COP(=O)(N[C@H](C(=O)OC)[C@@H](C)OC(C)(C)C)Oc2cccc3ccccc23)cc1. The van der Waals surface area contributed by atoms with Gasteiger partial charge in [0.1, 0.15) is 11.8 Å². The zero-order valence-corrected chi connectivity index (χ0v) is 30.6. The summed E-state index contributed by atoms with van der Waals surface area (Å²) >= 11 is 0. The number of aliphatic hydroxyl groups is 1. The maximum absolute atomic E-state index is 14.6. The van der Waals surface area contributed by atoms with E-state index in [4.69, 9.17) is 24.3 Å². The summed E-state index contributed by atoms with van der Waals surface area (Å²) in [5.41, 5.74) is 7.18. The third-order valence-electron chi connectivity index (χ3n) is 8.32. The predicted octanol–water partition coefficient (Wildman–Crippen LogP) is 7.90. The van der Waals surface area contributed by atoms with E-state index in [1.807, 2.05) is 51.1 Å². The fourth-order valence-corrected chi connectivity index (χ4v) is 7.23. The molecule has 3 aromatic rings. The second kappa shape index (κ2) is 18.8. The van der Waals surface area contributed by atoms with Crippen LogP contribution in [0, 0.1) is 0 Å². The second-order valence-corrected chi connectivity index (χ2v) is 15.5. The summed E-state index contributed by atoms with van der Waals surface area (Å²) in [5.74, 6) is -0.400. The second-order valence-electron chi connectivity index (χ2n) is 13.8. The van der Waals surface area contributed by atoms with Gasteiger partial charge in [-0.2, -0.15) is 5.09 Å². The van der Waals surface area contributed by atoms with Crippen LogP contribution in [0.3, 0.4) is 0 Å². The normalized spacial score (nSPS) is 15.8. The van der Waals surface area contributed by atoms with Gasteiger partial charge >= 0.3 is 13.7 Å². The van der Waals surface area contributed by atoms with Gasteiger partial charge in [0.05, 0.1) is 37.6 Å². The number of aliphatic hydroxyl groups excluding tert-OH is 1. The van der Waals surface area contributed by atoms with Crippen LogP contribution >= 0.6 is 7.75 Å². The van der Waals surface area contributed by atoms with Crippen LogP contribution in [0.4, 0.5) is 0 Å². The van der Waals surface area contributed by atoms with Gasteiger partial charge in [-0.3, -0.25) is 9.32 Å². The minimum Gasteiger partial charge on any atom is -0.468 e. The van der Waals surface area contributed by atoms with E-state index < -0.39 is 43.6 Å². The number of aryl methyl sites for hydroxylation is 2. The molecule has 0 aliphatic rings. The molecular weight excluding hydrogens is 627 g/mol. The quantitative estimate of drug-likeness (QED) is 0.0583. The first-order valence-electron chi connectivity index (χ1n) is 17.2. The first-order valence-corrected chi connectivity index (χ1v) is 18.8. The molecule has 4 atom stereocenters. The molecule has 0 saturated carbocycles. The van der Waals surface area contributed by atoms with Crippen LogP contribution in [0.15, 0.2) is 66.7 Å². The largest absolute Gasteiger partial charge is 0.468 e. The zero-order valence-electron chi connectivity index (χ0n) is 29.7. The van der Waals surface area contributed by atoms with E-state index in [-0.39, 0.29) is 6.61 Å². The van der Waals surface area contributed by atoms with Crippen LogP contribution < -0.4 is 15.3 Å². The van der Waals surface area contributed by atoms with E-state index in [1.54, 1.807) is 19.1 Å². The molecule has 0 fully saturated rings. The van der Waals surface area contributed by atoms with Crippen molar-refractivity contribution in [2.45, 2.75) is 116 Å². The third-order valence-corrected chi connectivity index (χ3v) is 9.82. The molecule has 0 radical (unpaired) electrons. The number of carbonyl (C=O) groups is 1. The van der Waals surface area contributed by atoms with Crippen LogP contribution in [0.2, 0.25) is 0 Å². The van der Waals surface area contributed by atoms with Gasteiger partial charge in [0.15, 0.2) is 0 Å². The lowest BCUT2D eigenvalue weighted by Gasteiger charge is -2.33. The highest BCUT2D eigenvalue weighted by Crippen LogP contribution is 2.48. The minimum atomic E-state index is -4.34. The van der Waals surface area contributed by atoms with Crippen LogP contribution in [-0.4, -0.2) is 54.7 Å². The van der Waals surface area contributed by atoms with E-state index in [9.17, 15) is 14.5 Å². The number of unbranched alkanes of at least 4 members (excludes halogenated alkanes) is 5. The molecule has 3 aromatic carbocycles. The van der Waals surface area contributed by atoms with Gasteiger partial charge in [0, 0.05) is 5.39 Å². The standard InChI is InChI=1S/C38H57N2O7P/c1-7-8-9-10-11-12-16-30-21-23-31(24-22-30)25-26-38(39,27-41)28-45-48(43,40-35(36(42)44-6)29(2)46-37(3,4)5)47-34-20-15-18-32-17-13-14-19-33(32)34/h13-15,17-24,29,35,41H,7-12,16,25-28,39H2,1-6H3,(H,40,43)/t29-,35+,38?,48?/m1/s1. The summed E-state index contributed by atoms with van der Waals surface area (Å²) in [6.45, 7) is 8.75. The Morgan fingerprint density at radius 2 is 1.54 bits per heavy atom. The van der Waals surface area contributed by atoms with Crippen LogP contribution in [0.1, 0.15) is 90.7 Å². The molecule has 9 nitrogen and oxygen atoms in total. The van der Waals surface area contributed by atoms with Gasteiger partial charge in [-0.05, 0) is 76.0 Å². The molecule has 2 unspecified atom stereocenters. The van der Waals surface area contributed by atoms with E-state index >= 15 is 0 Å². The maximum Gasteiger partial charge on any atom is 0.459 e. The van der Waals surface area contributed by atoms with Crippen molar-refractivity contribution < 1.29 is 33.0 Å². The Morgan fingerprint density at radius 3 is 2.19 bits per heavy atom. The summed E-state index contributed by atoms with van der Waals surface area (Å²) in [7, 11) is -3.10. The van der Waals surface area contributed by atoms with Crippen molar-refractivity contribution in [2.24, 2.45) is 5.73 Å². The first kappa shape index (κ1) is 39.7. The van der Waals surface area contributed by atoms with E-state index in [0.717, 1.165) is 17.4 Å². The maximum atomic E-state index is 14.6. The number of ether oxygens (including phenoxy) is 2. The molecule has 0 saturated heterocycles. The van der Waals surface area contributed by atoms with E-state index in [0.29, 0.717) is 24.0 Å². The van der Waals surface area contributed by atoms with Crippen molar-refractivity contribution in [1.82, 2.24) is 5.09 Å². The molecule has 0 spiro atoms. The third kappa shape index (κ3) is 12.9. The lowest BCUT2D eigenvalue weighted by Crippen LogP contribution is -2.50. The summed E-state index contributed by atoms with van der Waals surface area (Å²) in [6.07, 6.45) is 8.83. The number of carbonyl (C=O) groups excluding carboxylic acids is 1. The lowest BCUT2D eigenvalue weighted by atomic mass is 9.93. The number of rotatable bonds is 21. The van der Waals surface area contributed by atoms with Crippen LogP contribution in [-0.2, 0) is 36.2 Å². The predicted molar refractivity (Wildman–Crippen MR) is 193 cm³/mol. The number of nitrogens with two attached hydrogens (primary N) is 1. The molecule has 4 N–H and O–H groups in total. The number of nitrogens with one attached hydrogen (secondary N) is 1. The molecule has 3 rings (SSSR count). The molecule has 0 bridgehead atoms. The molecule has 10 heteroatoms. The summed E-state index contributed by atoms with van der Waals surface area (Å²) < 4.78 is 37.8. The Labute approximate surface area is 287 Å². The highest BCUT2D eigenvalue weighted by Gasteiger charge is 2.41. The highest BCUT2D eigenvalue weighted by atomic mass is 31.2. The van der Waals surface area contributed by atoms with Crippen molar-refractivity contribution >= 4 is 24.5 Å². The smallest absolute Gasteiger partial charge is 0.459 e. The van der Waals surface area contributed by atoms with Crippen LogP contribution in [0.25, 0.3) is 10.8 Å². The molecule has 0 aliphatic heterocycles. The molecule has 0 aliphatic carbocycles. The molecule has 0 heterocycles. The van der Waals surface area contributed by atoms with E-state index in [2.05, 4.69) is 36.3 Å². The Hall–Kier alpha value is -2.78. The first-order chi connectivity index (χ1) is 22.8. The van der Waals surface area contributed by atoms with Crippen molar-refractivity contribution in [1.29, 1.82) is 0 Å². The molecule has 48 heavy (non-hydrogen) atoms. The van der Waals surface area contributed by atoms with Gasteiger partial charge in [-0.15, -0.1) is 0 Å². The Morgan fingerprint density at radius 1 is 0.917 bits per heavy atom. The topological polar surface area (TPSA) is 129 Å². The monoisotopic (exact) mass is 684 g/mol. The number of methoxy groups -OCH3 is 1. The van der Waals surface area contributed by atoms with Crippen LogP contribution in [0.5, 0.6) is 5.75 Å². The van der Waals surface area contributed by atoms with Gasteiger partial charge in [0.25, 0.3) is 0 Å². The van der Waals surface area contributed by atoms with Gasteiger partial charge in [0.2, 0.25) is 0 Å². The highest BCUT2D eigenvalue weighted by molar-refractivity contribution is 7.52. The van der Waals surface area contributed by atoms with Gasteiger partial charge in [-0.1, -0.05) is 99.7 Å². The Balaban J connectivity index is 1.76. The number of hydrogen-bond donors (Lipinski definition) is 3. The zero-order chi connectivity index (χ0) is 35.2. The van der Waals surface area contributed by atoms with Crippen molar-refractivity contribution in [3.63, 3.8) is 0 Å². The van der Waals surface area contributed by atoms with E-state index in [1.165, 1.54) is 51.2 Å². The average Bonchev–Trinajstić information content (AvgIpc) is 3.06. The summed E-state index contributed by atoms with van der Waals surface area (Å²) in [4.78, 5) is 13.0. The number of fused-ring (bicyclic) bond motifs is 1. The lowest BCUT2D eigenvalue weighted by molar-refractivity contribution is -0.150.